The molecule has 19 heavy (non-hydrogen) atoms. The van der Waals surface area contributed by atoms with E-state index in [0.717, 1.165) is 21.7 Å². The molecule has 3 heteroatoms. The van der Waals surface area contributed by atoms with E-state index in [1.54, 1.807) is 0 Å². The molecule has 0 saturated carbocycles. The Morgan fingerprint density at radius 2 is 1.63 bits per heavy atom. The molecule has 0 saturated heterocycles. The van der Waals surface area contributed by atoms with Crippen molar-refractivity contribution in [1.29, 1.82) is 0 Å². The molecule has 1 amide bonds. The molecule has 0 fully saturated rings. The van der Waals surface area contributed by atoms with Gasteiger partial charge in [-0.2, -0.15) is 0 Å². The Bertz CT molecular complexity index is 765. The molecule has 94 valence electrons. The second-order valence-corrected chi connectivity index (χ2v) is 4.38. The maximum absolute atomic E-state index is 12.1. The number of benzene rings is 2. The lowest BCUT2D eigenvalue weighted by atomic mass is 10.0. The van der Waals surface area contributed by atoms with Crippen LogP contribution in [-0.2, 0) is 0 Å². The van der Waals surface area contributed by atoms with Crippen LogP contribution in [0.5, 0.6) is 0 Å². The Hall–Kier alpha value is -2.42. The number of para-hydroxylation sites is 1. The molecule has 0 aliphatic carbocycles. The van der Waals surface area contributed by atoms with E-state index in [0.29, 0.717) is 12.2 Å². The molecule has 2 aromatic carbocycles. The number of hydrogen-bond acceptors (Lipinski definition) is 2. The zero-order valence-corrected chi connectivity index (χ0v) is 10.7. The number of nitrogens with zero attached hydrogens (tertiary/aromatic N) is 1. The van der Waals surface area contributed by atoms with Gasteiger partial charge in [0.25, 0.3) is 5.91 Å². The topological polar surface area (TPSA) is 42.0 Å². The lowest BCUT2D eigenvalue weighted by Gasteiger charge is -2.09. The van der Waals surface area contributed by atoms with Crippen molar-refractivity contribution in [3.63, 3.8) is 0 Å². The minimum Gasteiger partial charge on any atom is -0.351 e. The van der Waals surface area contributed by atoms with E-state index < -0.39 is 0 Å². The predicted molar refractivity (Wildman–Crippen MR) is 77.3 cm³/mol. The number of aromatic nitrogens is 1. The third-order valence-corrected chi connectivity index (χ3v) is 3.16. The van der Waals surface area contributed by atoms with Crippen LogP contribution in [-0.4, -0.2) is 17.4 Å². The third kappa shape index (κ3) is 1.93. The van der Waals surface area contributed by atoms with Crippen LogP contribution in [0, 0.1) is 0 Å². The zero-order chi connectivity index (χ0) is 13.2. The van der Waals surface area contributed by atoms with Gasteiger partial charge in [-0.05, 0) is 18.4 Å². The maximum Gasteiger partial charge on any atom is 0.270 e. The van der Waals surface area contributed by atoms with Gasteiger partial charge in [-0.1, -0.05) is 42.5 Å². The van der Waals surface area contributed by atoms with Gasteiger partial charge in [0.1, 0.15) is 5.69 Å². The minimum atomic E-state index is -0.121. The number of amides is 1. The Morgan fingerprint density at radius 3 is 2.37 bits per heavy atom. The van der Waals surface area contributed by atoms with Crippen LogP contribution in [0.4, 0.5) is 0 Å². The Balaban J connectivity index is 2.39. The lowest BCUT2D eigenvalue weighted by molar-refractivity contribution is 0.0953. The monoisotopic (exact) mass is 250 g/mol. The number of carbonyl (C=O) groups is 1. The fourth-order valence-corrected chi connectivity index (χ4v) is 2.32. The third-order valence-electron chi connectivity index (χ3n) is 3.16. The summed E-state index contributed by atoms with van der Waals surface area (Å²) in [6.07, 6.45) is 0. The second kappa shape index (κ2) is 4.69. The second-order valence-electron chi connectivity index (χ2n) is 4.38. The largest absolute Gasteiger partial charge is 0.351 e. The molecule has 3 rings (SSSR count). The van der Waals surface area contributed by atoms with Crippen molar-refractivity contribution in [2.24, 2.45) is 0 Å². The lowest BCUT2D eigenvalue weighted by Crippen LogP contribution is -2.24. The van der Waals surface area contributed by atoms with Crippen LogP contribution >= 0.6 is 0 Å². The Morgan fingerprint density at radius 1 is 1.00 bits per heavy atom. The number of nitrogens with one attached hydrogen (secondary N) is 1. The van der Waals surface area contributed by atoms with E-state index in [1.165, 1.54) is 0 Å². The zero-order valence-electron chi connectivity index (χ0n) is 10.7. The van der Waals surface area contributed by atoms with Crippen molar-refractivity contribution in [3.8, 4) is 0 Å². The summed E-state index contributed by atoms with van der Waals surface area (Å²) < 4.78 is 0. The predicted octanol–water partition coefficient (Wildman–Crippen LogP) is 3.14. The first-order chi connectivity index (χ1) is 9.31. The highest BCUT2D eigenvalue weighted by Gasteiger charge is 2.13. The Kier molecular flexibility index (Phi) is 2.88. The average Bonchev–Trinajstić information content (AvgIpc) is 2.46. The summed E-state index contributed by atoms with van der Waals surface area (Å²) in [6.45, 7) is 2.50. The standard InChI is InChI=1S/C16H14N2O/c1-2-17-16(19)15-13-9-4-3-7-11(13)12-8-5-6-10-14(12)18-15/h3-10H,2H2,1H3,(H,17,19). The van der Waals surface area contributed by atoms with E-state index in [9.17, 15) is 4.79 Å². The van der Waals surface area contributed by atoms with Crippen LogP contribution in [0.2, 0.25) is 0 Å². The highest BCUT2D eigenvalue weighted by molar-refractivity contribution is 6.14. The molecule has 1 N–H and O–H groups in total. The van der Waals surface area contributed by atoms with Crippen molar-refractivity contribution in [1.82, 2.24) is 10.3 Å². The first-order valence-electron chi connectivity index (χ1n) is 6.37. The summed E-state index contributed by atoms with van der Waals surface area (Å²) in [5, 5.41) is 5.85. The van der Waals surface area contributed by atoms with E-state index in [4.69, 9.17) is 0 Å². The van der Waals surface area contributed by atoms with Crippen LogP contribution in [0.3, 0.4) is 0 Å². The number of carbonyl (C=O) groups excluding carboxylic acids is 1. The van der Waals surface area contributed by atoms with Gasteiger partial charge in [0.15, 0.2) is 0 Å². The van der Waals surface area contributed by atoms with Gasteiger partial charge in [-0.3, -0.25) is 4.79 Å². The molecule has 0 spiro atoms. The van der Waals surface area contributed by atoms with Crippen LogP contribution in [0.15, 0.2) is 48.5 Å². The Labute approximate surface area is 111 Å². The minimum absolute atomic E-state index is 0.121. The van der Waals surface area contributed by atoms with Crippen LogP contribution in [0.25, 0.3) is 21.7 Å². The van der Waals surface area contributed by atoms with Crippen molar-refractivity contribution in [2.45, 2.75) is 6.92 Å². The number of pyridine rings is 1. The smallest absolute Gasteiger partial charge is 0.270 e. The average molecular weight is 250 g/mol. The molecule has 0 unspecified atom stereocenters. The summed E-state index contributed by atoms with van der Waals surface area (Å²) >= 11 is 0. The molecule has 0 aliphatic rings. The molecule has 0 radical (unpaired) electrons. The summed E-state index contributed by atoms with van der Waals surface area (Å²) in [4.78, 5) is 16.6. The summed E-state index contributed by atoms with van der Waals surface area (Å²) in [6, 6.07) is 15.8. The fourth-order valence-electron chi connectivity index (χ4n) is 2.32. The maximum atomic E-state index is 12.1. The van der Waals surface area contributed by atoms with E-state index in [2.05, 4.69) is 10.3 Å². The number of rotatable bonds is 2. The van der Waals surface area contributed by atoms with Crippen molar-refractivity contribution in [2.75, 3.05) is 6.54 Å². The number of fused-ring (bicyclic) bond motifs is 3. The quantitative estimate of drug-likeness (QED) is 0.710. The van der Waals surface area contributed by atoms with E-state index in [-0.39, 0.29) is 5.91 Å². The molecule has 1 aromatic heterocycles. The van der Waals surface area contributed by atoms with Gasteiger partial charge < -0.3 is 5.32 Å². The van der Waals surface area contributed by atoms with Gasteiger partial charge in [0, 0.05) is 17.3 Å². The van der Waals surface area contributed by atoms with Crippen molar-refractivity contribution >= 4 is 27.6 Å². The molecule has 3 nitrogen and oxygen atoms in total. The van der Waals surface area contributed by atoms with Gasteiger partial charge in [0.05, 0.1) is 5.52 Å². The molecular weight excluding hydrogens is 236 g/mol. The normalized spacial score (nSPS) is 10.8. The summed E-state index contributed by atoms with van der Waals surface area (Å²) in [5.74, 6) is -0.121. The summed E-state index contributed by atoms with van der Waals surface area (Å²) in [7, 11) is 0. The fraction of sp³-hybridized carbons (Fsp3) is 0.125. The van der Waals surface area contributed by atoms with Crippen LogP contribution < -0.4 is 5.32 Å². The molecular formula is C16H14N2O. The van der Waals surface area contributed by atoms with Gasteiger partial charge in [0.2, 0.25) is 0 Å². The van der Waals surface area contributed by atoms with Crippen molar-refractivity contribution < 1.29 is 4.79 Å². The molecule has 0 aliphatic heterocycles. The highest BCUT2D eigenvalue weighted by Crippen LogP contribution is 2.26. The summed E-state index contributed by atoms with van der Waals surface area (Å²) in [5.41, 5.74) is 1.35. The first-order valence-corrected chi connectivity index (χ1v) is 6.37. The van der Waals surface area contributed by atoms with Crippen molar-refractivity contribution in [3.05, 3.63) is 54.2 Å². The molecule has 0 bridgehead atoms. The van der Waals surface area contributed by atoms with E-state index >= 15 is 0 Å². The van der Waals surface area contributed by atoms with Gasteiger partial charge >= 0.3 is 0 Å². The highest BCUT2D eigenvalue weighted by atomic mass is 16.1. The van der Waals surface area contributed by atoms with E-state index in [1.807, 2.05) is 55.5 Å². The molecule has 0 atom stereocenters. The van der Waals surface area contributed by atoms with Crippen LogP contribution in [0.1, 0.15) is 17.4 Å². The number of hydrogen-bond donors (Lipinski definition) is 1. The first kappa shape index (κ1) is 11.7. The van der Waals surface area contributed by atoms with Gasteiger partial charge in [-0.25, -0.2) is 4.98 Å². The molecule has 3 aromatic rings. The SMILES string of the molecule is CCNC(=O)c1nc2ccccc2c2ccccc12. The molecule has 1 heterocycles. The van der Waals surface area contributed by atoms with Gasteiger partial charge in [-0.15, -0.1) is 0 Å².